The minimum Gasteiger partial charge on any atom is -0.493 e. The molecule has 0 saturated carbocycles. The summed E-state index contributed by atoms with van der Waals surface area (Å²) in [6, 6.07) is 6.55. The second kappa shape index (κ2) is 8.43. The first-order chi connectivity index (χ1) is 9.88. The number of hydrogen-bond acceptors (Lipinski definition) is 2. The fourth-order valence-electron chi connectivity index (χ4n) is 2.53. The molecule has 0 aliphatic rings. The summed E-state index contributed by atoms with van der Waals surface area (Å²) in [5, 5.41) is 0. The summed E-state index contributed by atoms with van der Waals surface area (Å²) in [7, 11) is 0. The first kappa shape index (κ1) is 18.0. The zero-order chi connectivity index (χ0) is 15.9. The molecule has 120 valence electrons. The van der Waals surface area contributed by atoms with E-state index in [1.165, 1.54) is 24.1 Å². The van der Waals surface area contributed by atoms with Gasteiger partial charge in [-0.2, -0.15) is 0 Å². The van der Waals surface area contributed by atoms with Gasteiger partial charge in [-0.15, -0.1) is 0 Å². The van der Waals surface area contributed by atoms with Crippen LogP contribution >= 0.6 is 0 Å². The van der Waals surface area contributed by atoms with E-state index >= 15 is 0 Å². The fraction of sp³-hybridized carbons (Fsp3) is 0.684. The van der Waals surface area contributed by atoms with Crippen LogP contribution in [0.2, 0.25) is 0 Å². The van der Waals surface area contributed by atoms with E-state index in [1.807, 2.05) is 0 Å². The summed E-state index contributed by atoms with van der Waals surface area (Å²) in [6.45, 7) is 17.6. The normalized spacial score (nSPS) is 12.0. The van der Waals surface area contributed by atoms with Gasteiger partial charge >= 0.3 is 0 Å². The van der Waals surface area contributed by atoms with E-state index in [0.717, 1.165) is 31.9 Å². The number of rotatable bonds is 8. The van der Waals surface area contributed by atoms with Gasteiger partial charge in [0.25, 0.3) is 0 Å². The summed E-state index contributed by atoms with van der Waals surface area (Å²) in [6.07, 6.45) is 2.33. The lowest BCUT2D eigenvalue weighted by Crippen LogP contribution is -2.24. The van der Waals surface area contributed by atoms with Crippen molar-refractivity contribution in [3.05, 3.63) is 29.3 Å². The number of hydrogen-bond donors (Lipinski definition) is 0. The van der Waals surface area contributed by atoms with Gasteiger partial charge in [0.05, 0.1) is 6.61 Å². The highest BCUT2D eigenvalue weighted by Gasteiger charge is 2.18. The van der Waals surface area contributed by atoms with Crippen LogP contribution in [0, 0.1) is 6.92 Å². The summed E-state index contributed by atoms with van der Waals surface area (Å²) in [4.78, 5) is 2.47. The number of benzene rings is 1. The van der Waals surface area contributed by atoms with Gasteiger partial charge in [-0.3, -0.25) is 0 Å². The summed E-state index contributed by atoms with van der Waals surface area (Å²) >= 11 is 0. The molecule has 2 heteroatoms. The van der Waals surface area contributed by atoms with Crippen molar-refractivity contribution in [1.82, 2.24) is 4.90 Å². The molecule has 0 aliphatic heterocycles. The molecule has 0 aliphatic carbocycles. The van der Waals surface area contributed by atoms with Crippen molar-refractivity contribution in [2.75, 3.05) is 26.2 Å². The number of ether oxygens (including phenoxy) is 1. The predicted octanol–water partition coefficient (Wildman–Crippen LogP) is 4.79. The van der Waals surface area contributed by atoms with Crippen molar-refractivity contribution in [2.24, 2.45) is 0 Å². The van der Waals surface area contributed by atoms with Crippen LogP contribution in [-0.2, 0) is 5.41 Å². The predicted molar refractivity (Wildman–Crippen MR) is 92.4 cm³/mol. The van der Waals surface area contributed by atoms with Crippen molar-refractivity contribution in [3.63, 3.8) is 0 Å². The summed E-state index contributed by atoms with van der Waals surface area (Å²) < 4.78 is 6.08. The highest BCUT2D eigenvalue weighted by molar-refractivity contribution is 5.41. The Hall–Kier alpha value is -1.02. The van der Waals surface area contributed by atoms with Gasteiger partial charge < -0.3 is 9.64 Å². The summed E-state index contributed by atoms with van der Waals surface area (Å²) in [5.41, 5.74) is 2.70. The SMILES string of the molecule is CCN(CC)CCCCOc1cc(C)ccc1C(C)(C)C. The highest BCUT2D eigenvalue weighted by atomic mass is 16.5. The lowest BCUT2D eigenvalue weighted by molar-refractivity contribution is 0.263. The first-order valence-electron chi connectivity index (χ1n) is 8.34. The number of unbranched alkanes of at least 4 members (excludes halogenated alkanes) is 1. The third kappa shape index (κ3) is 6.09. The van der Waals surface area contributed by atoms with Crippen LogP contribution < -0.4 is 4.74 Å². The molecule has 0 spiro atoms. The lowest BCUT2D eigenvalue weighted by Gasteiger charge is -2.23. The van der Waals surface area contributed by atoms with Crippen molar-refractivity contribution in [1.29, 1.82) is 0 Å². The average Bonchev–Trinajstić information content (AvgIpc) is 2.41. The van der Waals surface area contributed by atoms with Crippen LogP contribution in [0.25, 0.3) is 0 Å². The van der Waals surface area contributed by atoms with Gasteiger partial charge in [-0.1, -0.05) is 46.8 Å². The van der Waals surface area contributed by atoms with E-state index in [0.29, 0.717) is 0 Å². The molecule has 1 aromatic carbocycles. The maximum atomic E-state index is 6.08. The van der Waals surface area contributed by atoms with Gasteiger partial charge in [0.1, 0.15) is 5.75 Å². The highest BCUT2D eigenvalue weighted by Crippen LogP contribution is 2.32. The molecule has 0 atom stereocenters. The molecule has 21 heavy (non-hydrogen) atoms. The zero-order valence-corrected chi connectivity index (χ0v) is 14.8. The zero-order valence-electron chi connectivity index (χ0n) is 14.8. The van der Waals surface area contributed by atoms with Crippen molar-refractivity contribution in [3.8, 4) is 5.75 Å². The van der Waals surface area contributed by atoms with Crippen LogP contribution in [-0.4, -0.2) is 31.1 Å². The molecule has 0 saturated heterocycles. The molecule has 2 nitrogen and oxygen atoms in total. The quantitative estimate of drug-likeness (QED) is 0.638. The van der Waals surface area contributed by atoms with Crippen LogP contribution in [0.4, 0.5) is 0 Å². The average molecular weight is 291 g/mol. The van der Waals surface area contributed by atoms with Crippen LogP contribution in [0.5, 0.6) is 5.75 Å². The van der Waals surface area contributed by atoms with E-state index in [9.17, 15) is 0 Å². The van der Waals surface area contributed by atoms with Gasteiger partial charge in [0.2, 0.25) is 0 Å². The van der Waals surface area contributed by atoms with E-state index in [4.69, 9.17) is 4.74 Å². The molecule has 0 heterocycles. The van der Waals surface area contributed by atoms with E-state index in [1.54, 1.807) is 0 Å². The van der Waals surface area contributed by atoms with E-state index < -0.39 is 0 Å². The van der Waals surface area contributed by atoms with Gasteiger partial charge in [-0.05, 0) is 62.0 Å². The van der Waals surface area contributed by atoms with Gasteiger partial charge in [0.15, 0.2) is 0 Å². The van der Waals surface area contributed by atoms with Crippen LogP contribution in [0.1, 0.15) is 58.6 Å². The second-order valence-corrected chi connectivity index (χ2v) is 6.83. The molecular weight excluding hydrogens is 258 g/mol. The molecule has 1 rings (SSSR count). The van der Waals surface area contributed by atoms with E-state index in [-0.39, 0.29) is 5.41 Å². The minimum atomic E-state index is 0.129. The second-order valence-electron chi connectivity index (χ2n) is 6.83. The standard InChI is InChI=1S/C19H33NO/c1-7-20(8-2)13-9-10-14-21-18-15-16(3)11-12-17(18)19(4,5)6/h11-12,15H,7-10,13-14H2,1-6H3. The molecule has 0 fully saturated rings. The first-order valence-corrected chi connectivity index (χ1v) is 8.34. The summed E-state index contributed by atoms with van der Waals surface area (Å²) in [5.74, 6) is 1.06. The Morgan fingerprint density at radius 1 is 1.05 bits per heavy atom. The Balaban J connectivity index is 2.50. The number of nitrogens with zero attached hydrogens (tertiary/aromatic N) is 1. The van der Waals surface area contributed by atoms with Crippen LogP contribution in [0.3, 0.4) is 0 Å². The van der Waals surface area contributed by atoms with Crippen molar-refractivity contribution < 1.29 is 4.74 Å². The molecule has 0 aromatic heterocycles. The Morgan fingerprint density at radius 3 is 2.29 bits per heavy atom. The fourth-order valence-corrected chi connectivity index (χ4v) is 2.53. The monoisotopic (exact) mass is 291 g/mol. The molecule has 0 bridgehead atoms. The lowest BCUT2D eigenvalue weighted by atomic mass is 9.86. The van der Waals surface area contributed by atoms with Crippen molar-refractivity contribution in [2.45, 2.75) is 59.8 Å². The molecule has 0 unspecified atom stereocenters. The molecule has 0 amide bonds. The molecule has 0 radical (unpaired) electrons. The Labute approximate surface area is 131 Å². The molecular formula is C19H33NO. The number of aryl methyl sites for hydroxylation is 1. The van der Waals surface area contributed by atoms with E-state index in [2.05, 4.69) is 64.6 Å². The maximum absolute atomic E-state index is 6.08. The van der Waals surface area contributed by atoms with Crippen molar-refractivity contribution >= 4 is 0 Å². The minimum absolute atomic E-state index is 0.129. The smallest absolute Gasteiger partial charge is 0.123 e. The Bertz CT molecular complexity index is 416. The maximum Gasteiger partial charge on any atom is 0.123 e. The largest absolute Gasteiger partial charge is 0.493 e. The third-order valence-electron chi connectivity index (χ3n) is 3.97. The van der Waals surface area contributed by atoms with Gasteiger partial charge in [-0.25, -0.2) is 0 Å². The molecule has 0 N–H and O–H groups in total. The Morgan fingerprint density at radius 2 is 1.71 bits per heavy atom. The van der Waals surface area contributed by atoms with Gasteiger partial charge in [0, 0.05) is 0 Å². The molecule has 1 aromatic rings. The topological polar surface area (TPSA) is 12.5 Å². The Kier molecular flexibility index (Phi) is 7.24. The third-order valence-corrected chi connectivity index (χ3v) is 3.97. The van der Waals surface area contributed by atoms with Crippen LogP contribution in [0.15, 0.2) is 18.2 Å².